The number of nitrogens with zero attached hydrogens (tertiary/aromatic N) is 2. The summed E-state index contributed by atoms with van der Waals surface area (Å²) in [6.45, 7) is 0. The van der Waals surface area contributed by atoms with Gasteiger partial charge >= 0.3 is 0 Å². The second-order valence-corrected chi connectivity index (χ2v) is 5.79. The van der Waals surface area contributed by atoms with E-state index >= 15 is 0 Å². The van der Waals surface area contributed by atoms with Crippen molar-refractivity contribution in [1.82, 2.24) is 15.0 Å². The van der Waals surface area contributed by atoms with Gasteiger partial charge < -0.3 is 9.72 Å². The van der Waals surface area contributed by atoms with Crippen molar-refractivity contribution in [3.8, 4) is 16.9 Å². The molecule has 4 rings (SSSR count). The van der Waals surface area contributed by atoms with E-state index in [4.69, 9.17) is 4.74 Å². The first kappa shape index (κ1) is 15.3. The van der Waals surface area contributed by atoms with E-state index in [0.717, 1.165) is 27.7 Å². The Hall–Kier alpha value is -3.21. The molecule has 5 heteroatoms. The number of H-pyrrole nitrogens is 1. The molecule has 0 saturated heterocycles. The normalized spacial score (nSPS) is 11.0. The van der Waals surface area contributed by atoms with E-state index in [2.05, 4.69) is 21.0 Å². The standard InChI is InChI=1S/C20H16FN3O/c1-25-18-6-2-4-13(19(18)21)8-16-12-24-20-17(16)9-15(11-23-20)14-5-3-7-22-10-14/h2-7,9-12H,8H2,1H3,(H,23,24). The van der Waals surface area contributed by atoms with Crippen LogP contribution in [-0.2, 0) is 6.42 Å². The van der Waals surface area contributed by atoms with Crippen LogP contribution >= 0.6 is 0 Å². The maximum Gasteiger partial charge on any atom is 0.168 e. The van der Waals surface area contributed by atoms with Gasteiger partial charge in [-0.2, -0.15) is 0 Å². The Kier molecular flexibility index (Phi) is 3.90. The lowest BCUT2D eigenvalue weighted by atomic mass is 10.0. The molecule has 0 amide bonds. The molecule has 0 unspecified atom stereocenters. The van der Waals surface area contributed by atoms with Gasteiger partial charge in [-0.15, -0.1) is 0 Å². The van der Waals surface area contributed by atoms with Crippen molar-refractivity contribution >= 4 is 11.0 Å². The minimum absolute atomic E-state index is 0.256. The highest BCUT2D eigenvalue weighted by molar-refractivity contribution is 5.84. The van der Waals surface area contributed by atoms with Gasteiger partial charge in [0.25, 0.3) is 0 Å². The fourth-order valence-electron chi connectivity index (χ4n) is 2.95. The average Bonchev–Trinajstić information content (AvgIpc) is 3.06. The molecule has 0 aliphatic heterocycles. The number of methoxy groups -OCH3 is 1. The summed E-state index contributed by atoms with van der Waals surface area (Å²) in [5.74, 6) is -0.0674. The number of hydrogen-bond donors (Lipinski definition) is 1. The van der Waals surface area contributed by atoms with Gasteiger partial charge in [-0.25, -0.2) is 9.37 Å². The van der Waals surface area contributed by atoms with Gasteiger partial charge in [0.2, 0.25) is 0 Å². The molecular formula is C20H16FN3O. The zero-order valence-corrected chi connectivity index (χ0v) is 13.7. The van der Waals surface area contributed by atoms with Crippen molar-refractivity contribution in [1.29, 1.82) is 0 Å². The molecule has 3 aromatic heterocycles. The predicted molar refractivity (Wildman–Crippen MR) is 95.1 cm³/mol. The zero-order chi connectivity index (χ0) is 17.2. The van der Waals surface area contributed by atoms with E-state index in [-0.39, 0.29) is 11.6 Å². The number of pyridine rings is 2. The molecule has 25 heavy (non-hydrogen) atoms. The Bertz CT molecular complexity index is 1030. The van der Waals surface area contributed by atoms with Crippen LogP contribution < -0.4 is 4.74 Å². The number of rotatable bonds is 4. The van der Waals surface area contributed by atoms with Crippen LogP contribution in [0.4, 0.5) is 4.39 Å². The maximum atomic E-state index is 14.5. The molecule has 0 spiro atoms. The SMILES string of the molecule is COc1cccc(Cc2c[nH]c3ncc(-c4cccnc4)cc23)c1F. The second kappa shape index (κ2) is 6.36. The highest BCUT2D eigenvalue weighted by Gasteiger charge is 2.13. The molecule has 0 fully saturated rings. The number of aromatic amines is 1. The molecule has 0 aliphatic carbocycles. The summed E-state index contributed by atoms with van der Waals surface area (Å²) < 4.78 is 19.5. The predicted octanol–water partition coefficient (Wildman–Crippen LogP) is 4.36. The third-order valence-corrected chi connectivity index (χ3v) is 4.26. The first-order valence-corrected chi connectivity index (χ1v) is 7.94. The summed E-state index contributed by atoms with van der Waals surface area (Å²) in [6, 6.07) is 11.1. The van der Waals surface area contributed by atoms with Gasteiger partial charge in [0, 0.05) is 47.7 Å². The summed E-state index contributed by atoms with van der Waals surface area (Å²) >= 11 is 0. The lowest BCUT2D eigenvalue weighted by Crippen LogP contribution is -1.96. The minimum Gasteiger partial charge on any atom is -0.494 e. The molecule has 124 valence electrons. The number of ether oxygens (including phenoxy) is 1. The summed E-state index contributed by atoms with van der Waals surface area (Å²) in [7, 11) is 1.47. The van der Waals surface area contributed by atoms with Crippen LogP contribution in [0.25, 0.3) is 22.2 Å². The van der Waals surface area contributed by atoms with Gasteiger partial charge in [0.1, 0.15) is 5.65 Å². The van der Waals surface area contributed by atoms with Crippen molar-refractivity contribution in [2.24, 2.45) is 0 Å². The van der Waals surface area contributed by atoms with Gasteiger partial charge in [0.15, 0.2) is 11.6 Å². The monoisotopic (exact) mass is 333 g/mol. The van der Waals surface area contributed by atoms with Crippen molar-refractivity contribution in [3.63, 3.8) is 0 Å². The summed E-state index contributed by atoms with van der Waals surface area (Å²) in [6.07, 6.45) is 7.69. The molecule has 0 aliphatic rings. The molecule has 0 bridgehead atoms. The quantitative estimate of drug-likeness (QED) is 0.603. The molecular weight excluding hydrogens is 317 g/mol. The van der Waals surface area contributed by atoms with E-state index < -0.39 is 0 Å². The summed E-state index contributed by atoms with van der Waals surface area (Å²) in [4.78, 5) is 11.8. The first-order chi connectivity index (χ1) is 12.3. The Morgan fingerprint density at radius 1 is 1.08 bits per heavy atom. The van der Waals surface area contributed by atoms with Crippen molar-refractivity contribution in [2.45, 2.75) is 6.42 Å². The summed E-state index contributed by atoms with van der Waals surface area (Å²) in [5, 5.41) is 0.976. The fraction of sp³-hybridized carbons (Fsp3) is 0.100. The second-order valence-electron chi connectivity index (χ2n) is 5.79. The molecule has 1 N–H and O–H groups in total. The Morgan fingerprint density at radius 3 is 2.80 bits per heavy atom. The van der Waals surface area contributed by atoms with Crippen LogP contribution in [0.3, 0.4) is 0 Å². The molecule has 0 radical (unpaired) electrons. The van der Waals surface area contributed by atoms with Crippen LogP contribution in [-0.4, -0.2) is 22.1 Å². The number of nitrogens with one attached hydrogen (secondary N) is 1. The van der Waals surface area contributed by atoms with Gasteiger partial charge in [-0.3, -0.25) is 4.98 Å². The topological polar surface area (TPSA) is 50.8 Å². The molecule has 0 saturated carbocycles. The lowest BCUT2D eigenvalue weighted by Gasteiger charge is -2.07. The number of fused-ring (bicyclic) bond motifs is 1. The molecule has 4 aromatic rings. The number of hydrogen-bond acceptors (Lipinski definition) is 3. The molecule has 3 heterocycles. The zero-order valence-electron chi connectivity index (χ0n) is 13.7. The van der Waals surface area contributed by atoms with Crippen LogP contribution in [0.5, 0.6) is 5.75 Å². The molecule has 1 aromatic carbocycles. The number of halogens is 1. The van der Waals surface area contributed by atoms with Crippen molar-refractivity contribution in [3.05, 3.63) is 78.1 Å². The van der Waals surface area contributed by atoms with Gasteiger partial charge in [0.05, 0.1) is 7.11 Å². The lowest BCUT2D eigenvalue weighted by molar-refractivity contribution is 0.384. The summed E-state index contributed by atoms with van der Waals surface area (Å²) in [5.41, 5.74) is 4.34. The highest BCUT2D eigenvalue weighted by atomic mass is 19.1. The maximum absolute atomic E-state index is 14.5. The third-order valence-electron chi connectivity index (χ3n) is 4.26. The van der Waals surface area contributed by atoms with E-state index in [1.165, 1.54) is 7.11 Å². The van der Waals surface area contributed by atoms with E-state index in [0.29, 0.717) is 12.0 Å². The van der Waals surface area contributed by atoms with Crippen molar-refractivity contribution < 1.29 is 9.13 Å². The fourth-order valence-corrected chi connectivity index (χ4v) is 2.95. The molecule has 0 atom stereocenters. The minimum atomic E-state index is -0.323. The van der Waals surface area contributed by atoms with Gasteiger partial charge in [-0.05, 0) is 29.3 Å². The highest BCUT2D eigenvalue weighted by Crippen LogP contribution is 2.28. The van der Waals surface area contributed by atoms with Crippen LogP contribution in [0.2, 0.25) is 0 Å². The molecule has 4 nitrogen and oxygen atoms in total. The Labute approximate surface area is 144 Å². The van der Waals surface area contributed by atoms with Crippen LogP contribution in [0.1, 0.15) is 11.1 Å². The van der Waals surface area contributed by atoms with Crippen LogP contribution in [0, 0.1) is 5.82 Å². The van der Waals surface area contributed by atoms with E-state index in [1.54, 1.807) is 30.6 Å². The number of benzene rings is 1. The first-order valence-electron chi connectivity index (χ1n) is 7.94. The largest absolute Gasteiger partial charge is 0.494 e. The smallest absolute Gasteiger partial charge is 0.168 e. The van der Waals surface area contributed by atoms with E-state index in [1.807, 2.05) is 24.5 Å². The number of aromatic nitrogens is 3. The van der Waals surface area contributed by atoms with Gasteiger partial charge in [-0.1, -0.05) is 18.2 Å². The Balaban J connectivity index is 1.76. The average molecular weight is 333 g/mol. The Morgan fingerprint density at radius 2 is 2.00 bits per heavy atom. The van der Waals surface area contributed by atoms with Crippen LogP contribution in [0.15, 0.2) is 61.2 Å². The third kappa shape index (κ3) is 2.85. The van der Waals surface area contributed by atoms with E-state index in [9.17, 15) is 4.39 Å². The van der Waals surface area contributed by atoms with Crippen molar-refractivity contribution in [2.75, 3.05) is 7.11 Å².